The molecule has 0 aliphatic carbocycles. The third kappa shape index (κ3) is 3.52. The van der Waals surface area contributed by atoms with Gasteiger partial charge in [0.1, 0.15) is 0 Å². The van der Waals surface area contributed by atoms with E-state index in [1.165, 1.54) is 6.26 Å². The van der Waals surface area contributed by atoms with Crippen molar-refractivity contribution >= 4 is 25.8 Å². The van der Waals surface area contributed by atoms with E-state index in [4.69, 9.17) is 0 Å². The van der Waals surface area contributed by atoms with Crippen LogP contribution in [0.2, 0.25) is 0 Å². The summed E-state index contributed by atoms with van der Waals surface area (Å²) in [5.74, 6) is 0. The lowest BCUT2D eigenvalue weighted by Crippen LogP contribution is -2.36. The van der Waals surface area contributed by atoms with Crippen molar-refractivity contribution in [2.45, 2.75) is 31.6 Å². The average Bonchev–Trinajstić information content (AvgIpc) is 2.59. The number of hydrogen-bond donors (Lipinski definition) is 1. The molecule has 0 radical (unpaired) electrons. The van der Waals surface area contributed by atoms with Gasteiger partial charge >= 0.3 is 0 Å². The van der Waals surface area contributed by atoms with Gasteiger partial charge in [-0.25, -0.2) is 13.1 Å². The molecule has 0 fully saturated rings. The summed E-state index contributed by atoms with van der Waals surface area (Å²) in [6.07, 6.45) is 2.17. The number of nitrogens with zero attached hydrogens (tertiary/aromatic N) is 3. The summed E-state index contributed by atoms with van der Waals surface area (Å²) in [5, 5.41) is 10.5. The van der Waals surface area contributed by atoms with Gasteiger partial charge < -0.3 is 5.32 Å². The van der Waals surface area contributed by atoms with Gasteiger partial charge in [-0.05, 0) is 35.8 Å². The van der Waals surface area contributed by atoms with E-state index in [-0.39, 0.29) is 6.04 Å². The van der Waals surface area contributed by atoms with Crippen molar-refractivity contribution in [1.82, 2.24) is 20.3 Å². The largest absolute Gasteiger partial charge is 0.308 e. The zero-order valence-electron chi connectivity index (χ0n) is 11.0. The van der Waals surface area contributed by atoms with Crippen LogP contribution in [0.15, 0.2) is 4.60 Å². The Morgan fingerprint density at radius 2 is 2.11 bits per heavy atom. The molecular formula is C10H19BrN4O2S. The molecule has 0 bridgehead atoms. The molecule has 2 atom stereocenters. The van der Waals surface area contributed by atoms with Crippen LogP contribution in [0.3, 0.4) is 0 Å². The fourth-order valence-electron chi connectivity index (χ4n) is 1.70. The standard InChI is InChI=1S/C10H19BrN4O2S/c1-5-6-12-8(7(2)18(4,16)17)9-10(11)13-14-15(9)3/h7-8,12H,5-6H2,1-4H3. The number of nitrogens with one attached hydrogen (secondary N) is 1. The van der Waals surface area contributed by atoms with Crippen molar-refractivity contribution in [1.29, 1.82) is 0 Å². The highest BCUT2D eigenvalue weighted by atomic mass is 79.9. The van der Waals surface area contributed by atoms with Crippen LogP contribution >= 0.6 is 15.9 Å². The number of halogens is 1. The third-order valence-electron chi connectivity index (χ3n) is 2.88. The Morgan fingerprint density at radius 1 is 1.50 bits per heavy atom. The van der Waals surface area contributed by atoms with E-state index >= 15 is 0 Å². The highest BCUT2D eigenvalue weighted by molar-refractivity contribution is 9.10. The first-order valence-electron chi connectivity index (χ1n) is 5.76. The molecule has 0 saturated heterocycles. The Balaban J connectivity index is 3.14. The van der Waals surface area contributed by atoms with Gasteiger partial charge in [-0.15, -0.1) is 5.10 Å². The van der Waals surface area contributed by atoms with Crippen LogP contribution in [-0.4, -0.2) is 41.5 Å². The van der Waals surface area contributed by atoms with E-state index in [0.717, 1.165) is 18.7 Å². The fourth-order valence-corrected chi connectivity index (χ4v) is 2.99. The van der Waals surface area contributed by atoms with Gasteiger partial charge in [0, 0.05) is 13.3 Å². The lowest BCUT2D eigenvalue weighted by atomic mass is 10.1. The van der Waals surface area contributed by atoms with Crippen LogP contribution in [0, 0.1) is 0 Å². The molecule has 0 aromatic carbocycles. The molecule has 1 aromatic heterocycles. The zero-order chi connectivity index (χ0) is 13.9. The van der Waals surface area contributed by atoms with Gasteiger partial charge in [0.05, 0.1) is 17.0 Å². The summed E-state index contributed by atoms with van der Waals surface area (Å²) >= 11 is 3.32. The molecular weight excluding hydrogens is 320 g/mol. The minimum absolute atomic E-state index is 0.325. The Kier molecular flexibility index (Phi) is 5.30. The summed E-state index contributed by atoms with van der Waals surface area (Å²) in [4.78, 5) is 0. The maximum Gasteiger partial charge on any atom is 0.153 e. The monoisotopic (exact) mass is 338 g/mol. The van der Waals surface area contributed by atoms with Gasteiger partial charge in [-0.1, -0.05) is 12.1 Å². The lowest BCUT2D eigenvalue weighted by molar-refractivity contribution is 0.471. The van der Waals surface area contributed by atoms with E-state index in [1.807, 2.05) is 6.92 Å². The smallest absolute Gasteiger partial charge is 0.153 e. The maximum absolute atomic E-state index is 11.7. The normalized spacial score (nSPS) is 15.6. The second-order valence-electron chi connectivity index (χ2n) is 4.36. The second-order valence-corrected chi connectivity index (χ2v) is 7.51. The first-order chi connectivity index (χ1) is 8.29. The van der Waals surface area contributed by atoms with Crippen LogP contribution in [-0.2, 0) is 16.9 Å². The van der Waals surface area contributed by atoms with E-state index in [9.17, 15) is 8.42 Å². The topological polar surface area (TPSA) is 76.9 Å². The number of sulfone groups is 1. The molecule has 8 heteroatoms. The van der Waals surface area contributed by atoms with E-state index in [0.29, 0.717) is 4.60 Å². The molecule has 6 nitrogen and oxygen atoms in total. The molecule has 0 aliphatic rings. The van der Waals surface area contributed by atoms with Crippen LogP contribution in [0.5, 0.6) is 0 Å². The Morgan fingerprint density at radius 3 is 2.50 bits per heavy atom. The van der Waals surface area contributed by atoms with Gasteiger partial charge in [0.2, 0.25) is 0 Å². The number of rotatable bonds is 6. The molecule has 0 saturated carbocycles. The highest BCUT2D eigenvalue weighted by Gasteiger charge is 2.31. The summed E-state index contributed by atoms with van der Waals surface area (Å²) in [6.45, 7) is 4.47. The van der Waals surface area contributed by atoms with Gasteiger partial charge in [0.25, 0.3) is 0 Å². The van der Waals surface area contributed by atoms with Gasteiger partial charge in [-0.3, -0.25) is 0 Å². The summed E-state index contributed by atoms with van der Waals surface area (Å²) in [5.41, 5.74) is 0.751. The van der Waals surface area contributed by atoms with Crippen LogP contribution in [0.25, 0.3) is 0 Å². The van der Waals surface area contributed by atoms with Crippen LogP contribution in [0.1, 0.15) is 32.0 Å². The quantitative estimate of drug-likeness (QED) is 0.838. The first-order valence-corrected chi connectivity index (χ1v) is 8.51. The van der Waals surface area contributed by atoms with E-state index < -0.39 is 15.1 Å². The fraction of sp³-hybridized carbons (Fsp3) is 0.800. The highest BCUT2D eigenvalue weighted by Crippen LogP contribution is 2.26. The molecule has 1 heterocycles. The predicted molar refractivity (Wildman–Crippen MR) is 74.0 cm³/mol. The molecule has 1 N–H and O–H groups in total. The molecule has 2 unspecified atom stereocenters. The summed E-state index contributed by atoms with van der Waals surface area (Å²) in [7, 11) is -1.39. The lowest BCUT2D eigenvalue weighted by Gasteiger charge is -2.24. The van der Waals surface area contributed by atoms with Crippen molar-refractivity contribution < 1.29 is 8.42 Å². The second kappa shape index (κ2) is 6.12. The van der Waals surface area contributed by atoms with Crippen molar-refractivity contribution in [3.63, 3.8) is 0 Å². The van der Waals surface area contributed by atoms with Crippen molar-refractivity contribution in [3.05, 3.63) is 10.3 Å². The van der Waals surface area contributed by atoms with E-state index in [2.05, 4.69) is 31.6 Å². The van der Waals surface area contributed by atoms with E-state index in [1.54, 1.807) is 18.7 Å². The molecule has 1 aromatic rings. The summed E-state index contributed by atoms with van der Waals surface area (Å²) < 4.78 is 25.7. The minimum atomic E-state index is -3.14. The Hall–Kier alpha value is -0.470. The van der Waals surface area contributed by atoms with Crippen molar-refractivity contribution in [3.8, 4) is 0 Å². The maximum atomic E-state index is 11.7. The Labute approximate surface area is 116 Å². The van der Waals surface area contributed by atoms with Crippen molar-refractivity contribution in [2.75, 3.05) is 12.8 Å². The number of aryl methyl sites for hydroxylation is 1. The number of aromatic nitrogens is 3. The first kappa shape index (κ1) is 15.6. The molecule has 104 valence electrons. The summed E-state index contributed by atoms with van der Waals surface area (Å²) in [6, 6.07) is -0.325. The minimum Gasteiger partial charge on any atom is -0.308 e. The molecule has 0 spiro atoms. The predicted octanol–water partition coefficient (Wildman–Crippen LogP) is 1.05. The molecule has 1 rings (SSSR count). The van der Waals surface area contributed by atoms with Crippen LogP contribution < -0.4 is 5.32 Å². The SMILES string of the molecule is CCCNC(c1c(Br)nnn1C)C(C)S(C)(=O)=O. The van der Waals surface area contributed by atoms with Crippen molar-refractivity contribution in [2.24, 2.45) is 7.05 Å². The average molecular weight is 339 g/mol. The molecule has 0 amide bonds. The Bertz CT molecular complexity index is 480. The van der Waals surface area contributed by atoms with Gasteiger partial charge in [-0.2, -0.15) is 0 Å². The van der Waals surface area contributed by atoms with Gasteiger partial charge in [0.15, 0.2) is 14.4 Å². The third-order valence-corrected chi connectivity index (χ3v) is 5.07. The van der Waals surface area contributed by atoms with Crippen LogP contribution in [0.4, 0.5) is 0 Å². The molecule has 18 heavy (non-hydrogen) atoms. The number of hydrogen-bond acceptors (Lipinski definition) is 5. The molecule has 0 aliphatic heterocycles. The zero-order valence-corrected chi connectivity index (χ0v) is 13.4.